The molecule has 11 heteroatoms. The van der Waals surface area contributed by atoms with Crippen molar-refractivity contribution < 1.29 is 18.3 Å². The molecule has 4 aromatic rings. The number of ether oxygens (including phenoxy) is 1. The van der Waals surface area contributed by atoms with Gasteiger partial charge in [-0.3, -0.25) is 4.79 Å². The summed E-state index contributed by atoms with van der Waals surface area (Å²) in [6, 6.07) is 11.8. The molecule has 2 aliphatic rings. The summed E-state index contributed by atoms with van der Waals surface area (Å²) in [7, 11) is 0. The molecule has 0 bridgehead atoms. The minimum Gasteiger partial charge on any atom is -0.457 e. The maximum atomic E-state index is 13.5. The Morgan fingerprint density at radius 2 is 1.85 bits per heavy atom. The largest absolute Gasteiger partial charge is 0.457 e. The second kappa shape index (κ2) is 10.4. The van der Waals surface area contributed by atoms with Crippen molar-refractivity contribution in [3.05, 3.63) is 72.1 Å². The van der Waals surface area contributed by atoms with Crippen molar-refractivity contribution in [1.82, 2.24) is 24.6 Å². The van der Waals surface area contributed by atoms with Gasteiger partial charge >= 0.3 is 0 Å². The van der Waals surface area contributed by atoms with E-state index in [2.05, 4.69) is 16.0 Å². The van der Waals surface area contributed by atoms with Crippen LogP contribution in [0, 0.1) is 28.9 Å². The van der Waals surface area contributed by atoms with E-state index in [9.17, 15) is 18.8 Å². The maximum Gasteiger partial charge on any atom is 0.264 e. The highest BCUT2D eigenvalue weighted by Gasteiger charge is 2.33. The molecular weight excluding hydrogens is 516 g/mol. The molecule has 1 aliphatic carbocycles. The molecule has 1 aliphatic heterocycles. The molecule has 0 spiro atoms. The molecule has 9 nitrogen and oxygen atoms in total. The number of amides is 1. The Labute approximate surface area is 228 Å². The highest BCUT2D eigenvalue weighted by atomic mass is 19.1. The van der Waals surface area contributed by atoms with E-state index in [-0.39, 0.29) is 29.1 Å². The van der Waals surface area contributed by atoms with E-state index in [0.29, 0.717) is 47.0 Å². The Hall–Kier alpha value is -4.85. The number of rotatable bonds is 7. The third-order valence-corrected chi connectivity index (χ3v) is 7.16. The summed E-state index contributed by atoms with van der Waals surface area (Å²) in [6.45, 7) is 0.959. The van der Waals surface area contributed by atoms with Gasteiger partial charge in [0.2, 0.25) is 0 Å². The van der Waals surface area contributed by atoms with Crippen LogP contribution in [0.2, 0.25) is 0 Å². The number of nitrogens with zero attached hydrogens (tertiary/aromatic N) is 6. The van der Waals surface area contributed by atoms with Gasteiger partial charge in [-0.2, -0.15) is 10.4 Å². The highest BCUT2D eigenvalue weighted by Crippen LogP contribution is 2.34. The number of fused-ring (bicyclic) bond motifs is 1. The third-order valence-electron chi connectivity index (χ3n) is 7.16. The van der Waals surface area contributed by atoms with Gasteiger partial charge in [-0.25, -0.2) is 23.4 Å². The Morgan fingerprint density at radius 3 is 2.55 bits per heavy atom. The molecule has 1 atom stereocenters. The number of nitrogen functional groups attached to an aromatic ring is 1. The lowest BCUT2D eigenvalue weighted by Gasteiger charge is -2.24. The number of aromatic nitrogens is 4. The van der Waals surface area contributed by atoms with Gasteiger partial charge in [0, 0.05) is 30.3 Å². The first-order valence-corrected chi connectivity index (χ1v) is 13.0. The number of nitrogens with two attached hydrogens (primary N) is 1. The molecule has 40 heavy (non-hydrogen) atoms. The van der Waals surface area contributed by atoms with Crippen LogP contribution in [-0.2, 0) is 11.3 Å². The molecule has 1 saturated carbocycles. The summed E-state index contributed by atoms with van der Waals surface area (Å²) < 4.78 is 34.4. The molecule has 1 unspecified atom stereocenters. The van der Waals surface area contributed by atoms with Crippen LogP contribution in [0.25, 0.3) is 22.3 Å². The van der Waals surface area contributed by atoms with Gasteiger partial charge in [-0.05, 0) is 55.9 Å². The van der Waals surface area contributed by atoms with Gasteiger partial charge in [0.1, 0.15) is 52.6 Å². The lowest BCUT2D eigenvalue weighted by Crippen LogP contribution is -2.39. The first-order valence-electron chi connectivity index (χ1n) is 13.0. The van der Waals surface area contributed by atoms with E-state index in [1.54, 1.807) is 39.9 Å². The molecule has 2 fully saturated rings. The average molecular weight is 542 g/mol. The van der Waals surface area contributed by atoms with Crippen molar-refractivity contribution in [3.63, 3.8) is 0 Å². The smallest absolute Gasteiger partial charge is 0.264 e. The highest BCUT2D eigenvalue weighted by molar-refractivity contribution is 5.99. The van der Waals surface area contributed by atoms with Crippen molar-refractivity contribution in [2.75, 3.05) is 12.3 Å². The minimum absolute atomic E-state index is 0.0415. The third kappa shape index (κ3) is 5.08. The number of anilines is 1. The van der Waals surface area contributed by atoms with Gasteiger partial charge in [0.25, 0.3) is 5.91 Å². The van der Waals surface area contributed by atoms with Crippen LogP contribution in [0.5, 0.6) is 11.5 Å². The predicted octanol–water partition coefficient (Wildman–Crippen LogP) is 5.00. The topological polar surface area (TPSA) is 123 Å². The Morgan fingerprint density at radius 1 is 1.10 bits per heavy atom. The van der Waals surface area contributed by atoms with Crippen molar-refractivity contribution in [2.45, 2.75) is 38.3 Å². The van der Waals surface area contributed by atoms with Crippen LogP contribution in [0.1, 0.15) is 25.7 Å². The zero-order valence-electron chi connectivity index (χ0n) is 21.4. The van der Waals surface area contributed by atoms with Gasteiger partial charge in [0.15, 0.2) is 5.65 Å². The SMILES string of the molecule is N#CC(=CC1CC1)C(=O)N1CCCC1Cn1nc(-c2ccc(Oc3cc(F)cc(F)c3)cc2)c2c(N)ncnc21. The fraction of sp³-hybridized carbons (Fsp3) is 0.276. The number of carbonyl (C=O) groups is 1. The molecule has 1 saturated heterocycles. The zero-order chi connectivity index (χ0) is 27.8. The van der Waals surface area contributed by atoms with E-state index in [1.165, 1.54) is 6.33 Å². The van der Waals surface area contributed by atoms with Crippen LogP contribution in [-0.4, -0.2) is 43.1 Å². The number of benzene rings is 2. The summed E-state index contributed by atoms with van der Waals surface area (Å²) in [6.07, 6.45) is 6.81. The second-order valence-corrected chi connectivity index (χ2v) is 10.0. The monoisotopic (exact) mass is 541 g/mol. The standard InChI is InChI=1S/C29H25F2N7O2/c30-20-11-21(31)13-24(12-20)40-23-7-5-18(6-8-23)26-25-27(33)34-16-35-28(25)38(36-26)15-22-2-1-9-37(22)29(39)19(14-32)10-17-3-4-17/h5-8,10-13,16-17,22H,1-4,9,15H2,(H2,33,34,35). The van der Waals surface area contributed by atoms with Crippen molar-refractivity contribution in [2.24, 2.45) is 5.92 Å². The Bertz CT molecular complexity index is 1650. The summed E-state index contributed by atoms with van der Waals surface area (Å²) in [5, 5.41) is 15.0. The molecule has 2 N–H and O–H groups in total. The van der Waals surface area contributed by atoms with E-state index < -0.39 is 11.6 Å². The second-order valence-electron chi connectivity index (χ2n) is 10.0. The molecule has 6 rings (SSSR count). The fourth-order valence-corrected chi connectivity index (χ4v) is 5.07. The Balaban J connectivity index is 1.28. The Kier molecular flexibility index (Phi) is 6.59. The molecule has 0 radical (unpaired) electrons. The van der Waals surface area contributed by atoms with Crippen LogP contribution in [0.4, 0.5) is 14.6 Å². The number of carbonyl (C=O) groups excluding carboxylic acids is 1. The van der Waals surface area contributed by atoms with Gasteiger partial charge in [-0.15, -0.1) is 0 Å². The number of likely N-dealkylation sites (tertiary alicyclic amines) is 1. The number of allylic oxidation sites excluding steroid dienone is 1. The lowest BCUT2D eigenvalue weighted by atomic mass is 10.1. The summed E-state index contributed by atoms with van der Waals surface area (Å²) in [5.41, 5.74) is 8.26. The summed E-state index contributed by atoms with van der Waals surface area (Å²) in [4.78, 5) is 23.5. The van der Waals surface area contributed by atoms with Crippen molar-refractivity contribution >= 4 is 22.8 Å². The van der Waals surface area contributed by atoms with Crippen LogP contribution in [0.3, 0.4) is 0 Å². The first-order chi connectivity index (χ1) is 19.4. The average Bonchev–Trinajstić information content (AvgIpc) is 3.51. The lowest BCUT2D eigenvalue weighted by molar-refractivity contribution is -0.127. The molecule has 3 heterocycles. The van der Waals surface area contributed by atoms with E-state index in [1.807, 2.05) is 0 Å². The molecule has 202 valence electrons. The van der Waals surface area contributed by atoms with E-state index >= 15 is 0 Å². The quantitative estimate of drug-likeness (QED) is 0.258. The summed E-state index contributed by atoms with van der Waals surface area (Å²) in [5.74, 6) is -0.691. The van der Waals surface area contributed by atoms with E-state index in [0.717, 1.165) is 43.9 Å². The molecular formula is C29H25F2N7O2. The van der Waals surface area contributed by atoms with Gasteiger partial charge < -0.3 is 15.4 Å². The van der Waals surface area contributed by atoms with Gasteiger partial charge in [0.05, 0.1) is 18.0 Å². The molecule has 1 amide bonds. The van der Waals surface area contributed by atoms with Crippen LogP contribution in [0.15, 0.2) is 60.4 Å². The predicted molar refractivity (Wildman–Crippen MR) is 143 cm³/mol. The normalized spacial score (nSPS) is 17.3. The summed E-state index contributed by atoms with van der Waals surface area (Å²) >= 11 is 0. The van der Waals surface area contributed by atoms with Gasteiger partial charge in [-0.1, -0.05) is 6.08 Å². The minimum atomic E-state index is -0.732. The van der Waals surface area contributed by atoms with Crippen LogP contribution < -0.4 is 10.5 Å². The number of hydrogen-bond acceptors (Lipinski definition) is 7. The number of nitriles is 1. The van der Waals surface area contributed by atoms with Crippen LogP contribution >= 0.6 is 0 Å². The number of hydrogen-bond donors (Lipinski definition) is 1. The van der Waals surface area contributed by atoms with Crippen molar-refractivity contribution in [3.8, 4) is 28.8 Å². The fourth-order valence-electron chi connectivity index (χ4n) is 5.07. The van der Waals surface area contributed by atoms with Crippen molar-refractivity contribution in [1.29, 1.82) is 5.26 Å². The zero-order valence-corrected chi connectivity index (χ0v) is 21.4. The number of halogens is 2. The first kappa shape index (κ1) is 25.4. The maximum absolute atomic E-state index is 13.5. The molecule has 2 aromatic carbocycles. The molecule has 2 aromatic heterocycles. The van der Waals surface area contributed by atoms with E-state index in [4.69, 9.17) is 15.6 Å².